The van der Waals surface area contributed by atoms with Gasteiger partial charge in [0.1, 0.15) is 5.82 Å². The predicted molar refractivity (Wildman–Crippen MR) is 62.7 cm³/mol. The van der Waals surface area contributed by atoms with Gasteiger partial charge in [0.05, 0.1) is 18.4 Å². The molecule has 0 amide bonds. The van der Waals surface area contributed by atoms with E-state index in [1.165, 1.54) is 6.07 Å². The first-order valence-electron chi connectivity index (χ1n) is 5.59. The van der Waals surface area contributed by atoms with Gasteiger partial charge in [-0.2, -0.15) is 5.10 Å². The van der Waals surface area contributed by atoms with Crippen LogP contribution in [0, 0.1) is 5.82 Å². The van der Waals surface area contributed by atoms with Crippen molar-refractivity contribution in [2.75, 3.05) is 0 Å². The summed E-state index contributed by atoms with van der Waals surface area (Å²) in [5.74, 6) is -0.376. The molecule has 0 radical (unpaired) electrons. The molecule has 5 heteroatoms. The van der Waals surface area contributed by atoms with Gasteiger partial charge in [0.25, 0.3) is 0 Å². The largest absolute Gasteiger partial charge is 0.320 e. The van der Waals surface area contributed by atoms with E-state index in [2.05, 4.69) is 17.0 Å². The summed E-state index contributed by atoms with van der Waals surface area (Å²) < 4.78 is 14.9. The number of halogens is 1. The van der Waals surface area contributed by atoms with Crippen molar-refractivity contribution in [3.05, 3.63) is 47.8 Å². The lowest BCUT2D eigenvalue weighted by molar-refractivity contribution is 0.601. The van der Waals surface area contributed by atoms with Crippen molar-refractivity contribution in [2.45, 2.75) is 25.9 Å². The van der Waals surface area contributed by atoms with Gasteiger partial charge in [-0.05, 0) is 18.1 Å². The SMILES string of the molecule is CCCn1cc(C(N)c2cncc(F)c2)cn1. The van der Waals surface area contributed by atoms with E-state index in [0.717, 1.165) is 24.7 Å². The van der Waals surface area contributed by atoms with Crippen LogP contribution in [0.2, 0.25) is 0 Å². The minimum atomic E-state index is -0.385. The normalized spacial score (nSPS) is 12.6. The number of aryl methyl sites for hydroxylation is 1. The molecule has 4 nitrogen and oxygen atoms in total. The number of nitrogens with zero attached hydrogens (tertiary/aromatic N) is 3. The fourth-order valence-corrected chi connectivity index (χ4v) is 1.68. The van der Waals surface area contributed by atoms with E-state index in [0.29, 0.717) is 5.56 Å². The van der Waals surface area contributed by atoms with Crippen LogP contribution in [-0.4, -0.2) is 14.8 Å². The standard InChI is InChI=1S/C12H15FN4/c1-2-3-17-8-10(6-16-17)12(14)9-4-11(13)7-15-5-9/h4-8,12H,2-3,14H2,1H3. The Balaban J connectivity index is 2.21. The second-order valence-electron chi connectivity index (χ2n) is 3.95. The Bertz CT molecular complexity index is 495. The molecule has 2 aromatic heterocycles. The lowest BCUT2D eigenvalue weighted by Gasteiger charge is -2.08. The molecular formula is C12H15FN4. The maximum absolute atomic E-state index is 13.0. The lowest BCUT2D eigenvalue weighted by Crippen LogP contribution is -2.11. The molecule has 90 valence electrons. The van der Waals surface area contributed by atoms with E-state index >= 15 is 0 Å². The van der Waals surface area contributed by atoms with Crippen LogP contribution in [0.4, 0.5) is 4.39 Å². The quantitative estimate of drug-likeness (QED) is 0.878. The molecule has 17 heavy (non-hydrogen) atoms. The van der Waals surface area contributed by atoms with Crippen LogP contribution in [0.3, 0.4) is 0 Å². The summed E-state index contributed by atoms with van der Waals surface area (Å²) in [6.07, 6.45) is 7.35. The fraction of sp³-hybridized carbons (Fsp3) is 0.333. The third kappa shape index (κ3) is 2.68. The van der Waals surface area contributed by atoms with E-state index in [9.17, 15) is 4.39 Å². The molecule has 0 aliphatic rings. The highest BCUT2D eigenvalue weighted by molar-refractivity contribution is 5.26. The zero-order valence-corrected chi connectivity index (χ0v) is 9.68. The average Bonchev–Trinajstić information content (AvgIpc) is 2.77. The van der Waals surface area contributed by atoms with Gasteiger partial charge >= 0.3 is 0 Å². The lowest BCUT2D eigenvalue weighted by atomic mass is 10.1. The topological polar surface area (TPSA) is 56.7 Å². The summed E-state index contributed by atoms with van der Waals surface area (Å²) in [6.45, 7) is 2.94. The number of nitrogens with two attached hydrogens (primary N) is 1. The van der Waals surface area contributed by atoms with Crippen LogP contribution in [0.25, 0.3) is 0 Å². The molecule has 0 saturated carbocycles. The molecule has 1 atom stereocenters. The fourth-order valence-electron chi connectivity index (χ4n) is 1.68. The molecule has 0 bridgehead atoms. The Labute approximate surface area is 99.3 Å². The van der Waals surface area contributed by atoms with Crippen molar-refractivity contribution in [2.24, 2.45) is 5.73 Å². The maximum Gasteiger partial charge on any atom is 0.141 e. The van der Waals surface area contributed by atoms with Crippen LogP contribution < -0.4 is 5.73 Å². The molecule has 2 aromatic rings. The highest BCUT2D eigenvalue weighted by Gasteiger charge is 2.12. The summed E-state index contributed by atoms with van der Waals surface area (Å²) in [5, 5.41) is 4.20. The summed E-state index contributed by atoms with van der Waals surface area (Å²) in [4.78, 5) is 3.79. The van der Waals surface area contributed by atoms with Crippen LogP contribution in [0.15, 0.2) is 30.9 Å². The first-order chi connectivity index (χ1) is 8.20. The van der Waals surface area contributed by atoms with Crippen molar-refractivity contribution in [1.82, 2.24) is 14.8 Å². The monoisotopic (exact) mass is 234 g/mol. The average molecular weight is 234 g/mol. The first kappa shape index (κ1) is 11.7. The van der Waals surface area contributed by atoms with Gasteiger partial charge in [0, 0.05) is 24.5 Å². The Morgan fingerprint density at radius 2 is 2.18 bits per heavy atom. The molecule has 1 unspecified atom stereocenters. The first-order valence-corrected chi connectivity index (χ1v) is 5.59. The van der Waals surface area contributed by atoms with Crippen molar-refractivity contribution in [1.29, 1.82) is 0 Å². The van der Waals surface area contributed by atoms with Gasteiger partial charge in [-0.25, -0.2) is 4.39 Å². The molecule has 0 aliphatic heterocycles. The van der Waals surface area contributed by atoms with E-state index in [1.54, 1.807) is 12.4 Å². The summed E-state index contributed by atoms with van der Waals surface area (Å²) in [5.41, 5.74) is 7.55. The molecule has 2 heterocycles. The van der Waals surface area contributed by atoms with Crippen LogP contribution in [0.1, 0.15) is 30.5 Å². The van der Waals surface area contributed by atoms with E-state index in [1.807, 2.05) is 10.9 Å². The third-order valence-electron chi connectivity index (χ3n) is 2.55. The van der Waals surface area contributed by atoms with Gasteiger partial charge in [-0.15, -0.1) is 0 Å². The maximum atomic E-state index is 13.0. The predicted octanol–water partition coefficient (Wildman–Crippen LogP) is 1.88. The molecule has 0 fully saturated rings. The van der Waals surface area contributed by atoms with Gasteiger partial charge in [-0.1, -0.05) is 6.92 Å². The van der Waals surface area contributed by atoms with E-state index < -0.39 is 0 Å². The third-order valence-corrected chi connectivity index (χ3v) is 2.55. The van der Waals surface area contributed by atoms with Crippen LogP contribution in [-0.2, 0) is 6.54 Å². The Hall–Kier alpha value is -1.75. The molecular weight excluding hydrogens is 219 g/mol. The molecule has 0 saturated heterocycles. The van der Waals surface area contributed by atoms with Gasteiger partial charge in [-0.3, -0.25) is 9.67 Å². The second kappa shape index (κ2) is 5.05. The second-order valence-corrected chi connectivity index (χ2v) is 3.95. The van der Waals surface area contributed by atoms with Crippen LogP contribution >= 0.6 is 0 Å². The van der Waals surface area contributed by atoms with Crippen molar-refractivity contribution >= 4 is 0 Å². The summed E-state index contributed by atoms with van der Waals surface area (Å²) in [6, 6.07) is 1.01. The molecule has 0 spiro atoms. The minimum absolute atomic E-state index is 0.376. The number of aromatic nitrogens is 3. The number of hydrogen-bond acceptors (Lipinski definition) is 3. The van der Waals surface area contributed by atoms with E-state index in [4.69, 9.17) is 5.73 Å². The number of hydrogen-bond donors (Lipinski definition) is 1. The minimum Gasteiger partial charge on any atom is -0.320 e. The van der Waals surface area contributed by atoms with Crippen molar-refractivity contribution in [3.63, 3.8) is 0 Å². The Morgan fingerprint density at radius 1 is 1.35 bits per heavy atom. The zero-order chi connectivity index (χ0) is 12.3. The zero-order valence-electron chi connectivity index (χ0n) is 9.68. The molecule has 0 aromatic carbocycles. The molecule has 2 N–H and O–H groups in total. The van der Waals surface area contributed by atoms with Gasteiger partial charge in [0.15, 0.2) is 0 Å². The number of pyridine rings is 1. The van der Waals surface area contributed by atoms with Crippen molar-refractivity contribution in [3.8, 4) is 0 Å². The van der Waals surface area contributed by atoms with Gasteiger partial charge < -0.3 is 5.73 Å². The summed E-state index contributed by atoms with van der Waals surface area (Å²) in [7, 11) is 0. The summed E-state index contributed by atoms with van der Waals surface area (Å²) >= 11 is 0. The molecule has 0 aliphatic carbocycles. The Morgan fingerprint density at radius 3 is 2.88 bits per heavy atom. The highest BCUT2D eigenvalue weighted by Crippen LogP contribution is 2.18. The highest BCUT2D eigenvalue weighted by atomic mass is 19.1. The van der Waals surface area contributed by atoms with Crippen molar-refractivity contribution < 1.29 is 4.39 Å². The smallest absolute Gasteiger partial charge is 0.141 e. The van der Waals surface area contributed by atoms with Gasteiger partial charge in [0.2, 0.25) is 0 Å². The van der Waals surface area contributed by atoms with Crippen LogP contribution in [0.5, 0.6) is 0 Å². The Kier molecular flexibility index (Phi) is 3.49. The van der Waals surface area contributed by atoms with E-state index in [-0.39, 0.29) is 11.9 Å². The number of rotatable bonds is 4. The molecule has 2 rings (SSSR count).